The summed E-state index contributed by atoms with van der Waals surface area (Å²) in [4.78, 5) is 15.5. The third kappa shape index (κ3) is 4.60. The van der Waals surface area contributed by atoms with E-state index < -0.39 is 0 Å². The molecular weight excluding hydrogens is 356 g/mol. The van der Waals surface area contributed by atoms with Crippen LogP contribution in [-0.2, 0) is 4.79 Å². The minimum absolute atomic E-state index is 0.0649. The van der Waals surface area contributed by atoms with Crippen molar-refractivity contribution in [2.24, 2.45) is 5.92 Å². The summed E-state index contributed by atoms with van der Waals surface area (Å²) < 4.78 is 13.2. The van der Waals surface area contributed by atoms with E-state index in [1.54, 1.807) is 10.9 Å². The Hall–Kier alpha value is -3.09. The maximum Gasteiger partial charge on any atom is 0.217 e. The first-order valence-electron chi connectivity index (χ1n) is 9.55. The highest BCUT2D eigenvalue weighted by atomic mass is 16.5. The van der Waals surface area contributed by atoms with Crippen LogP contribution in [0, 0.1) is 5.92 Å². The normalized spacial score (nSPS) is 14.6. The van der Waals surface area contributed by atoms with Crippen LogP contribution in [0.3, 0.4) is 0 Å². The number of fused-ring (bicyclic) bond motifs is 1. The van der Waals surface area contributed by atoms with Gasteiger partial charge in [-0.25, -0.2) is 9.67 Å². The topological polar surface area (TPSA) is 78.3 Å². The first kappa shape index (κ1) is 18.3. The molecule has 1 aliphatic carbocycles. The zero-order chi connectivity index (χ0) is 19.5. The minimum Gasteiger partial charge on any atom is -0.493 e. The predicted molar refractivity (Wildman–Crippen MR) is 106 cm³/mol. The van der Waals surface area contributed by atoms with Crippen molar-refractivity contribution >= 4 is 16.8 Å². The van der Waals surface area contributed by atoms with E-state index in [-0.39, 0.29) is 11.9 Å². The van der Waals surface area contributed by atoms with E-state index in [0.717, 1.165) is 29.2 Å². The van der Waals surface area contributed by atoms with Crippen LogP contribution in [0.1, 0.15) is 26.7 Å². The highest BCUT2D eigenvalue weighted by Gasteiger charge is 2.22. The molecule has 4 rings (SSSR count). The fraction of sp³-hybridized carbons (Fsp3) is 0.381. The fourth-order valence-corrected chi connectivity index (χ4v) is 2.90. The lowest BCUT2D eigenvalue weighted by atomic mass is 10.2. The number of pyridine rings is 1. The Morgan fingerprint density at radius 3 is 2.79 bits per heavy atom. The summed E-state index contributed by atoms with van der Waals surface area (Å²) in [6, 6.07) is 9.60. The molecule has 0 radical (unpaired) electrons. The molecule has 1 atom stereocenters. The third-order valence-electron chi connectivity index (χ3n) is 4.57. The van der Waals surface area contributed by atoms with Gasteiger partial charge >= 0.3 is 0 Å². The fourth-order valence-electron chi connectivity index (χ4n) is 2.90. The number of hydrogen-bond acceptors (Lipinski definition) is 5. The van der Waals surface area contributed by atoms with E-state index in [4.69, 9.17) is 9.47 Å². The zero-order valence-corrected chi connectivity index (χ0v) is 16.1. The number of aromatic nitrogens is 3. The number of ether oxygens (including phenoxy) is 2. The average Bonchev–Trinajstić information content (AvgIpc) is 3.41. The van der Waals surface area contributed by atoms with Gasteiger partial charge in [0.2, 0.25) is 5.91 Å². The summed E-state index contributed by atoms with van der Waals surface area (Å²) in [6.07, 6.45) is 6.15. The van der Waals surface area contributed by atoms with Crippen LogP contribution in [0.15, 0.2) is 42.7 Å². The van der Waals surface area contributed by atoms with E-state index >= 15 is 0 Å². The summed E-state index contributed by atoms with van der Waals surface area (Å²) >= 11 is 0. The van der Waals surface area contributed by atoms with Crippen LogP contribution >= 0.6 is 0 Å². The Kier molecular flexibility index (Phi) is 5.14. The number of nitrogens with zero attached hydrogens (tertiary/aromatic N) is 3. The lowest BCUT2D eigenvalue weighted by Gasteiger charge is -2.13. The van der Waals surface area contributed by atoms with Crippen LogP contribution < -0.4 is 14.8 Å². The van der Waals surface area contributed by atoms with E-state index in [1.165, 1.54) is 19.8 Å². The van der Waals surface area contributed by atoms with Gasteiger partial charge in [0.1, 0.15) is 18.1 Å². The lowest BCUT2D eigenvalue weighted by Crippen LogP contribution is -2.35. The molecule has 1 amide bonds. The van der Waals surface area contributed by atoms with Crippen molar-refractivity contribution in [1.29, 1.82) is 0 Å². The van der Waals surface area contributed by atoms with E-state index in [2.05, 4.69) is 15.4 Å². The number of rotatable bonds is 8. The van der Waals surface area contributed by atoms with Gasteiger partial charge in [-0.05, 0) is 49.9 Å². The molecule has 1 aromatic carbocycles. The van der Waals surface area contributed by atoms with E-state index in [0.29, 0.717) is 18.2 Å². The van der Waals surface area contributed by atoms with Gasteiger partial charge in [-0.2, -0.15) is 5.10 Å². The van der Waals surface area contributed by atoms with Crippen molar-refractivity contribution in [3.63, 3.8) is 0 Å². The van der Waals surface area contributed by atoms with Gasteiger partial charge in [0.15, 0.2) is 5.82 Å². The minimum atomic E-state index is -0.0728. The van der Waals surface area contributed by atoms with Crippen molar-refractivity contribution in [1.82, 2.24) is 20.1 Å². The number of hydrogen-bond donors (Lipinski definition) is 1. The second-order valence-corrected chi connectivity index (χ2v) is 7.31. The summed E-state index contributed by atoms with van der Waals surface area (Å²) in [5.74, 6) is 2.86. The first-order chi connectivity index (χ1) is 13.6. The van der Waals surface area contributed by atoms with Gasteiger partial charge in [0.25, 0.3) is 0 Å². The van der Waals surface area contributed by atoms with Crippen molar-refractivity contribution in [3.8, 4) is 17.3 Å². The molecule has 0 aliphatic heterocycles. The summed E-state index contributed by atoms with van der Waals surface area (Å²) in [5.41, 5.74) is 0.875. The zero-order valence-electron chi connectivity index (χ0n) is 16.1. The molecule has 0 bridgehead atoms. The Morgan fingerprint density at radius 1 is 1.25 bits per heavy atom. The molecule has 0 unspecified atom stereocenters. The van der Waals surface area contributed by atoms with E-state index in [1.807, 2.05) is 43.5 Å². The molecule has 1 saturated carbocycles. The highest BCUT2D eigenvalue weighted by Crippen LogP contribution is 2.30. The first-order valence-corrected chi connectivity index (χ1v) is 9.55. The van der Waals surface area contributed by atoms with Gasteiger partial charge in [-0.3, -0.25) is 4.79 Å². The van der Waals surface area contributed by atoms with Crippen LogP contribution in [-0.4, -0.2) is 39.9 Å². The largest absolute Gasteiger partial charge is 0.493 e. The van der Waals surface area contributed by atoms with Gasteiger partial charge in [-0.15, -0.1) is 0 Å². The quantitative estimate of drug-likeness (QED) is 0.650. The molecule has 7 nitrogen and oxygen atoms in total. The standard InChI is InChI=1S/C21H24N4O3/c1-14(23-15(2)26)12-27-19-7-8-21(22-10-19)25-11-17-5-6-18(9-20(17)24-25)28-13-16-3-4-16/h5-11,14,16H,3-4,12-13H2,1-2H3,(H,23,26)/t14-/m0/s1. The molecule has 0 saturated heterocycles. The Bertz CT molecular complexity index is 963. The molecule has 28 heavy (non-hydrogen) atoms. The number of benzene rings is 1. The van der Waals surface area contributed by atoms with E-state index in [9.17, 15) is 4.79 Å². The van der Waals surface area contributed by atoms with Crippen molar-refractivity contribution in [2.45, 2.75) is 32.7 Å². The predicted octanol–water partition coefficient (Wildman–Crippen LogP) is 3.11. The van der Waals surface area contributed by atoms with Crippen LogP contribution in [0.25, 0.3) is 16.7 Å². The molecule has 2 aromatic heterocycles. The summed E-state index contributed by atoms with van der Waals surface area (Å²) in [6.45, 7) is 4.55. The number of carbonyl (C=O) groups excluding carboxylic acids is 1. The molecule has 0 spiro atoms. The van der Waals surface area contributed by atoms with Gasteiger partial charge in [0.05, 0.1) is 24.4 Å². The molecule has 1 fully saturated rings. The smallest absolute Gasteiger partial charge is 0.217 e. The molecule has 146 valence electrons. The Labute approximate surface area is 163 Å². The second kappa shape index (κ2) is 7.88. The maximum absolute atomic E-state index is 11.0. The molecule has 7 heteroatoms. The Balaban J connectivity index is 1.41. The highest BCUT2D eigenvalue weighted by molar-refractivity contribution is 5.80. The lowest BCUT2D eigenvalue weighted by molar-refractivity contribution is -0.119. The van der Waals surface area contributed by atoms with Crippen LogP contribution in [0.4, 0.5) is 0 Å². The van der Waals surface area contributed by atoms with Gasteiger partial charge in [-0.1, -0.05) is 0 Å². The number of nitrogens with one attached hydrogen (secondary N) is 1. The Morgan fingerprint density at radius 2 is 2.07 bits per heavy atom. The van der Waals surface area contributed by atoms with Crippen molar-refractivity contribution in [3.05, 3.63) is 42.7 Å². The number of carbonyl (C=O) groups is 1. The molecule has 2 heterocycles. The third-order valence-corrected chi connectivity index (χ3v) is 4.57. The van der Waals surface area contributed by atoms with Crippen LogP contribution in [0.2, 0.25) is 0 Å². The van der Waals surface area contributed by atoms with Crippen LogP contribution in [0.5, 0.6) is 11.5 Å². The van der Waals surface area contributed by atoms with Gasteiger partial charge in [0, 0.05) is 24.6 Å². The number of amides is 1. The molecule has 1 aliphatic rings. The SMILES string of the molecule is CC(=O)N[C@@H](C)COc1ccc(-n2cc3ccc(OCC4CC4)cc3n2)nc1. The summed E-state index contributed by atoms with van der Waals surface area (Å²) in [5, 5.41) is 8.42. The maximum atomic E-state index is 11.0. The van der Waals surface area contributed by atoms with Crippen molar-refractivity contribution < 1.29 is 14.3 Å². The van der Waals surface area contributed by atoms with Gasteiger partial charge < -0.3 is 14.8 Å². The monoisotopic (exact) mass is 380 g/mol. The average molecular weight is 380 g/mol. The molecule has 3 aromatic rings. The van der Waals surface area contributed by atoms with Crippen molar-refractivity contribution in [2.75, 3.05) is 13.2 Å². The summed E-state index contributed by atoms with van der Waals surface area (Å²) in [7, 11) is 0. The molecule has 1 N–H and O–H groups in total. The second-order valence-electron chi connectivity index (χ2n) is 7.31. The molecular formula is C21H24N4O3.